The predicted molar refractivity (Wildman–Crippen MR) is 116 cm³/mol. The number of phenolic OH excluding ortho intramolecular Hbond substituents is 1. The molecule has 152 valence electrons. The number of phenols is 1. The highest BCUT2D eigenvalue weighted by Gasteiger charge is 2.22. The van der Waals surface area contributed by atoms with Crippen LogP contribution in [-0.2, 0) is 6.61 Å². The largest absolute Gasteiger partial charge is 0.507 e. The highest BCUT2D eigenvalue weighted by Crippen LogP contribution is 2.42. The fourth-order valence-corrected chi connectivity index (χ4v) is 3.52. The van der Waals surface area contributed by atoms with Crippen molar-refractivity contribution in [2.75, 3.05) is 7.11 Å². The minimum Gasteiger partial charge on any atom is -0.507 e. The quantitative estimate of drug-likeness (QED) is 0.397. The van der Waals surface area contributed by atoms with Gasteiger partial charge in [-0.2, -0.15) is 0 Å². The number of hydrogen-bond acceptors (Lipinski definition) is 5. The number of methoxy groups -OCH3 is 1. The SMILES string of the molecule is COc1ccccc1-c1c(C)noc1-c1ccc(OCc2cccc(Cl)c2)cc1O. The lowest BCUT2D eigenvalue weighted by atomic mass is 9.98. The van der Waals surface area contributed by atoms with Crippen LogP contribution in [0.15, 0.2) is 71.3 Å². The Kier molecular flexibility index (Phi) is 5.63. The lowest BCUT2D eigenvalue weighted by Crippen LogP contribution is -1.95. The van der Waals surface area contributed by atoms with Crippen molar-refractivity contribution in [3.63, 3.8) is 0 Å². The molecule has 0 radical (unpaired) electrons. The molecule has 1 aromatic heterocycles. The maximum atomic E-state index is 10.7. The first-order valence-corrected chi connectivity index (χ1v) is 9.75. The van der Waals surface area contributed by atoms with Crippen molar-refractivity contribution in [2.45, 2.75) is 13.5 Å². The van der Waals surface area contributed by atoms with Gasteiger partial charge in [-0.3, -0.25) is 0 Å². The number of aromatic hydroxyl groups is 1. The lowest BCUT2D eigenvalue weighted by Gasteiger charge is -2.11. The standard InChI is InChI=1S/C24H20ClNO4/c1-15-23(20-8-3-4-9-22(20)28-2)24(30-26-15)19-11-10-18(13-21(19)27)29-14-16-6-5-7-17(25)12-16/h3-13,27H,14H2,1-2H3. The van der Waals surface area contributed by atoms with E-state index in [0.29, 0.717) is 40.1 Å². The molecule has 0 amide bonds. The number of aromatic nitrogens is 1. The maximum absolute atomic E-state index is 10.7. The molecule has 0 aliphatic rings. The summed E-state index contributed by atoms with van der Waals surface area (Å²) in [5.74, 6) is 1.74. The first-order valence-electron chi connectivity index (χ1n) is 9.37. The molecule has 3 aromatic carbocycles. The lowest BCUT2D eigenvalue weighted by molar-refractivity contribution is 0.304. The van der Waals surface area contributed by atoms with E-state index in [1.165, 1.54) is 0 Å². The number of ether oxygens (including phenoxy) is 2. The number of para-hydroxylation sites is 1. The van der Waals surface area contributed by atoms with Gasteiger partial charge in [0.1, 0.15) is 23.9 Å². The summed E-state index contributed by atoms with van der Waals surface area (Å²) in [4.78, 5) is 0. The van der Waals surface area contributed by atoms with Crippen molar-refractivity contribution in [1.29, 1.82) is 0 Å². The first kappa shape index (κ1) is 19.9. The molecular formula is C24H20ClNO4. The van der Waals surface area contributed by atoms with E-state index in [2.05, 4.69) is 5.16 Å². The normalized spacial score (nSPS) is 10.8. The van der Waals surface area contributed by atoms with Gasteiger partial charge in [-0.1, -0.05) is 47.1 Å². The smallest absolute Gasteiger partial charge is 0.178 e. The van der Waals surface area contributed by atoms with E-state index in [1.807, 2.05) is 55.5 Å². The van der Waals surface area contributed by atoms with Crippen LogP contribution in [0, 0.1) is 6.92 Å². The molecule has 5 nitrogen and oxygen atoms in total. The Morgan fingerprint density at radius 1 is 1.00 bits per heavy atom. The van der Waals surface area contributed by atoms with E-state index in [1.54, 1.807) is 25.3 Å². The second kappa shape index (κ2) is 8.51. The Hall–Kier alpha value is -3.44. The van der Waals surface area contributed by atoms with Gasteiger partial charge >= 0.3 is 0 Å². The fraction of sp³-hybridized carbons (Fsp3) is 0.125. The topological polar surface area (TPSA) is 64.7 Å². The van der Waals surface area contributed by atoms with Crippen molar-refractivity contribution >= 4 is 11.6 Å². The summed E-state index contributed by atoms with van der Waals surface area (Å²) in [7, 11) is 1.62. The molecule has 0 aliphatic heterocycles. The number of halogens is 1. The highest BCUT2D eigenvalue weighted by atomic mass is 35.5. The third-order valence-corrected chi connectivity index (χ3v) is 4.98. The van der Waals surface area contributed by atoms with Gasteiger partial charge in [0.05, 0.1) is 23.9 Å². The van der Waals surface area contributed by atoms with E-state index < -0.39 is 0 Å². The van der Waals surface area contributed by atoms with Gasteiger partial charge in [0, 0.05) is 16.7 Å². The number of aryl methyl sites for hydroxylation is 1. The highest BCUT2D eigenvalue weighted by molar-refractivity contribution is 6.30. The summed E-state index contributed by atoms with van der Waals surface area (Å²) in [5.41, 5.74) is 3.78. The van der Waals surface area contributed by atoms with Crippen LogP contribution in [0.25, 0.3) is 22.5 Å². The molecular weight excluding hydrogens is 402 g/mol. The van der Waals surface area contributed by atoms with E-state index in [0.717, 1.165) is 16.7 Å². The van der Waals surface area contributed by atoms with Crippen molar-refractivity contribution in [2.24, 2.45) is 0 Å². The third kappa shape index (κ3) is 3.98. The zero-order chi connectivity index (χ0) is 21.1. The van der Waals surface area contributed by atoms with Gasteiger partial charge in [-0.25, -0.2) is 0 Å². The average Bonchev–Trinajstić information content (AvgIpc) is 3.13. The minimum absolute atomic E-state index is 0.0332. The van der Waals surface area contributed by atoms with Gasteiger partial charge < -0.3 is 19.1 Å². The predicted octanol–water partition coefficient (Wildman–Crippen LogP) is 6.26. The summed E-state index contributed by atoms with van der Waals surface area (Å²) >= 11 is 6.01. The van der Waals surface area contributed by atoms with E-state index in [-0.39, 0.29) is 5.75 Å². The summed E-state index contributed by atoms with van der Waals surface area (Å²) in [5, 5.41) is 15.4. The Morgan fingerprint density at radius 2 is 1.83 bits per heavy atom. The number of rotatable bonds is 6. The molecule has 0 spiro atoms. The third-order valence-electron chi connectivity index (χ3n) is 4.75. The van der Waals surface area contributed by atoms with Crippen LogP contribution in [0.3, 0.4) is 0 Å². The van der Waals surface area contributed by atoms with Crippen LogP contribution in [-0.4, -0.2) is 17.4 Å². The minimum atomic E-state index is 0.0332. The average molecular weight is 422 g/mol. The van der Waals surface area contributed by atoms with E-state index in [9.17, 15) is 5.11 Å². The molecule has 0 unspecified atom stereocenters. The van der Waals surface area contributed by atoms with Gasteiger partial charge in [0.25, 0.3) is 0 Å². The Bertz CT molecular complexity index is 1190. The van der Waals surface area contributed by atoms with Crippen LogP contribution < -0.4 is 9.47 Å². The molecule has 0 fully saturated rings. The van der Waals surface area contributed by atoms with Crippen LogP contribution in [0.2, 0.25) is 5.02 Å². The number of benzene rings is 3. The molecule has 0 saturated heterocycles. The van der Waals surface area contributed by atoms with Crippen LogP contribution in [0.4, 0.5) is 0 Å². The van der Waals surface area contributed by atoms with Crippen LogP contribution >= 0.6 is 11.6 Å². The van der Waals surface area contributed by atoms with Crippen molar-refractivity contribution in [1.82, 2.24) is 5.16 Å². The second-order valence-corrected chi connectivity index (χ2v) is 7.21. The summed E-state index contributed by atoms with van der Waals surface area (Å²) in [6.07, 6.45) is 0. The van der Waals surface area contributed by atoms with Crippen LogP contribution in [0.1, 0.15) is 11.3 Å². The van der Waals surface area contributed by atoms with Crippen molar-refractivity contribution in [3.05, 3.63) is 83.0 Å². The number of hydrogen-bond donors (Lipinski definition) is 1. The van der Waals surface area contributed by atoms with Crippen molar-refractivity contribution < 1.29 is 19.1 Å². The molecule has 4 aromatic rings. The Balaban J connectivity index is 1.64. The summed E-state index contributed by atoms with van der Waals surface area (Å²) in [6.45, 7) is 2.20. The monoisotopic (exact) mass is 421 g/mol. The summed E-state index contributed by atoms with van der Waals surface area (Å²) in [6, 6.07) is 20.2. The van der Waals surface area contributed by atoms with Gasteiger partial charge in [0.15, 0.2) is 5.76 Å². The van der Waals surface area contributed by atoms with Crippen molar-refractivity contribution in [3.8, 4) is 39.7 Å². The Labute approximate surface area is 179 Å². The molecule has 1 N–H and O–H groups in total. The van der Waals surface area contributed by atoms with E-state index >= 15 is 0 Å². The molecule has 1 heterocycles. The molecule has 6 heteroatoms. The van der Waals surface area contributed by atoms with Crippen LogP contribution in [0.5, 0.6) is 17.2 Å². The zero-order valence-corrected chi connectivity index (χ0v) is 17.3. The van der Waals surface area contributed by atoms with Gasteiger partial charge in [-0.15, -0.1) is 0 Å². The summed E-state index contributed by atoms with van der Waals surface area (Å²) < 4.78 is 16.9. The van der Waals surface area contributed by atoms with Gasteiger partial charge in [0.2, 0.25) is 0 Å². The molecule has 0 atom stereocenters. The van der Waals surface area contributed by atoms with Gasteiger partial charge in [-0.05, 0) is 42.8 Å². The Morgan fingerprint density at radius 3 is 2.60 bits per heavy atom. The molecule has 0 saturated carbocycles. The molecule has 0 aliphatic carbocycles. The number of nitrogens with zero attached hydrogens (tertiary/aromatic N) is 1. The fourth-order valence-electron chi connectivity index (χ4n) is 3.31. The first-order chi connectivity index (χ1) is 14.6. The maximum Gasteiger partial charge on any atom is 0.178 e. The second-order valence-electron chi connectivity index (χ2n) is 6.77. The molecule has 4 rings (SSSR count). The molecule has 0 bridgehead atoms. The molecule has 30 heavy (non-hydrogen) atoms. The van der Waals surface area contributed by atoms with E-state index in [4.69, 9.17) is 25.6 Å². The zero-order valence-electron chi connectivity index (χ0n) is 16.6.